The number of benzene rings is 7. The largest absolute Gasteiger partial charge is 0.208 e. The Kier molecular flexibility index (Phi) is 5.79. The van der Waals surface area contributed by atoms with Crippen LogP contribution in [0.4, 0.5) is 0 Å². The monoisotopic (exact) mass is 535 g/mol. The van der Waals surface area contributed by atoms with Gasteiger partial charge in [0.05, 0.1) is 0 Å². The molecule has 0 aliphatic heterocycles. The van der Waals surface area contributed by atoms with Crippen LogP contribution in [0.5, 0.6) is 0 Å². The normalized spacial score (nSPS) is 11.3. The van der Waals surface area contributed by atoms with Crippen LogP contribution in [0, 0.1) is 0 Å². The molecule has 3 heteroatoms. The Morgan fingerprint density at radius 3 is 1.62 bits per heavy atom. The van der Waals surface area contributed by atoms with Gasteiger partial charge in [-0.3, -0.25) is 0 Å². The van der Waals surface area contributed by atoms with Crippen molar-refractivity contribution >= 4 is 32.3 Å². The molecule has 42 heavy (non-hydrogen) atoms. The summed E-state index contributed by atoms with van der Waals surface area (Å²) >= 11 is 0. The zero-order valence-electron chi connectivity index (χ0n) is 22.8. The van der Waals surface area contributed by atoms with Crippen molar-refractivity contribution in [2.24, 2.45) is 0 Å². The summed E-state index contributed by atoms with van der Waals surface area (Å²) in [5.41, 5.74) is 5.18. The third kappa shape index (κ3) is 4.20. The molecule has 0 bridgehead atoms. The summed E-state index contributed by atoms with van der Waals surface area (Å²) in [7, 11) is 0. The standard InChI is InChI=1S/C39H25N3/c1-3-11-26(12-4-1)31-17-9-18-32(25-31)38-40-37(30-14-5-2-6-15-30)41-39(42-38)34-20-10-16-28-23-24-29-22-21-27-13-7-8-19-33(27)35(29)36(28)34/h1-25H. The fourth-order valence-corrected chi connectivity index (χ4v) is 5.87. The Labute approximate surface area is 243 Å². The third-order valence-corrected chi connectivity index (χ3v) is 7.89. The van der Waals surface area contributed by atoms with Crippen molar-refractivity contribution in [2.45, 2.75) is 0 Å². The zero-order chi connectivity index (χ0) is 27.9. The number of nitrogens with zero attached hydrogens (tertiary/aromatic N) is 3. The van der Waals surface area contributed by atoms with Crippen molar-refractivity contribution in [2.75, 3.05) is 0 Å². The van der Waals surface area contributed by atoms with Crippen LogP contribution in [0.1, 0.15) is 0 Å². The molecule has 0 unspecified atom stereocenters. The molecule has 0 aliphatic carbocycles. The van der Waals surface area contributed by atoms with E-state index in [0.29, 0.717) is 17.5 Å². The summed E-state index contributed by atoms with van der Waals surface area (Å²) in [5.74, 6) is 1.97. The molecular weight excluding hydrogens is 510 g/mol. The highest BCUT2D eigenvalue weighted by atomic mass is 15.0. The van der Waals surface area contributed by atoms with Crippen molar-refractivity contribution in [3.05, 3.63) is 152 Å². The van der Waals surface area contributed by atoms with Crippen LogP contribution >= 0.6 is 0 Å². The first-order valence-electron chi connectivity index (χ1n) is 14.1. The summed E-state index contributed by atoms with van der Waals surface area (Å²) < 4.78 is 0. The van der Waals surface area contributed by atoms with Gasteiger partial charge >= 0.3 is 0 Å². The van der Waals surface area contributed by atoms with E-state index in [1.165, 1.54) is 21.5 Å². The van der Waals surface area contributed by atoms with Gasteiger partial charge in [0.15, 0.2) is 17.5 Å². The molecule has 3 nitrogen and oxygen atoms in total. The van der Waals surface area contributed by atoms with Gasteiger partial charge in [-0.15, -0.1) is 0 Å². The minimum Gasteiger partial charge on any atom is -0.208 e. The molecule has 1 aromatic heterocycles. The van der Waals surface area contributed by atoms with Crippen molar-refractivity contribution in [3.63, 3.8) is 0 Å². The second-order valence-corrected chi connectivity index (χ2v) is 10.5. The van der Waals surface area contributed by atoms with Crippen LogP contribution < -0.4 is 0 Å². The molecule has 0 fully saturated rings. The lowest BCUT2D eigenvalue weighted by Crippen LogP contribution is -2.01. The maximum absolute atomic E-state index is 5.15. The summed E-state index contributed by atoms with van der Waals surface area (Å²) in [6, 6.07) is 52.8. The second kappa shape index (κ2) is 10.1. The first-order valence-corrected chi connectivity index (χ1v) is 14.1. The van der Waals surface area contributed by atoms with Gasteiger partial charge in [0.1, 0.15) is 0 Å². The molecule has 0 amide bonds. The maximum atomic E-state index is 5.15. The number of rotatable bonds is 4. The number of hydrogen-bond acceptors (Lipinski definition) is 3. The van der Waals surface area contributed by atoms with Gasteiger partial charge in [-0.25, -0.2) is 15.0 Å². The van der Waals surface area contributed by atoms with Gasteiger partial charge in [0, 0.05) is 22.1 Å². The first-order chi connectivity index (χ1) is 20.8. The SMILES string of the molecule is c1ccc(-c2cccc(-c3nc(-c4ccccc4)nc(-c4cccc5ccc6ccc7ccccc7c6c45)n3)c2)cc1. The average Bonchev–Trinajstić information content (AvgIpc) is 3.08. The lowest BCUT2D eigenvalue weighted by atomic mass is 9.93. The first kappa shape index (κ1) is 24.2. The van der Waals surface area contributed by atoms with Crippen molar-refractivity contribution in [1.29, 1.82) is 0 Å². The van der Waals surface area contributed by atoms with Crippen LogP contribution in [-0.4, -0.2) is 15.0 Å². The quantitative estimate of drug-likeness (QED) is 0.211. The molecule has 7 aromatic carbocycles. The Bertz CT molecular complexity index is 2230. The van der Waals surface area contributed by atoms with E-state index in [1.807, 2.05) is 24.3 Å². The summed E-state index contributed by atoms with van der Waals surface area (Å²) in [5, 5.41) is 7.16. The predicted octanol–water partition coefficient (Wildman–Crippen LogP) is 10.00. The molecule has 0 aliphatic rings. The molecule has 0 radical (unpaired) electrons. The summed E-state index contributed by atoms with van der Waals surface area (Å²) in [4.78, 5) is 15.2. The molecule has 196 valence electrons. The molecule has 1 heterocycles. The van der Waals surface area contributed by atoms with Gasteiger partial charge in [-0.2, -0.15) is 0 Å². The van der Waals surface area contributed by atoms with Gasteiger partial charge in [0.25, 0.3) is 0 Å². The van der Waals surface area contributed by atoms with E-state index in [0.717, 1.165) is 38.6 Å². The number of aromatic nitrogens is 3. The number of fused-ring (bicyclic) bond motifs is 5. The van der Waals surface area contributed by atoms with E-state index in [-0.39, 0.29) is 0 Å². The van der Waals surface area contributed by atoms with E-state index >= 15 is 0 Å². The van der Waals surface area contributed by atoms with E-state index in [1.54, 1.807) is 0 Å². The van der Waals surface area contributed by atoms with E-state index in [4.69, 9.17) is 15.0 Å². The molecule has 8 rings (SSSR count). The maximum Gasteiger partial charge on any atom is 0.164 e. The Morgan fingerprint density at radius 1 is 0.310 bits per heavy atom. The van der Waals surface area contributed by atoms with E-state index in [9.17, 15) is 0 Å². The third-order valence-electron chi connectivity index (χ3n) is 7.89. The fraction of sp³-hybridized carbons (Fsp3) is 0. The molecular formula is C39H25N3. The van der Waals surface area contributed by atoms with Crippen molar-refractivity contribution in [3.8, 4) is 45.3 Å². The Balaban J connectivity index is 1.42. The van der Waals surface area contributed by atoms with Crippen LogP contribution in [0.2, 0.25) is 0 Å². The minimum atomic E-state index is 0.652. The lowest BCUT2D eigenvalue weighted by Gasteiger charge is -2.14. The van der Waals surface area contributed by atoms with Gasteiger partial charge < -0.3 is 0 Å². The fourth-order valence-electron chi connectivity index (χ4n) is 5.87. The molecule has 0 saturated carbocycles. The average molecular weight is 536 g/mol. The highest BCUT2D eigenvalue weighted by Gasteiger charge is 2.17. The molecule has 0 N–H and O–H groups in total. The molecule has 0 atom stereocenters. The van der Waals surface area contributed by atoms with Crippen molar-refractivity contribution in [1.82, 2.24) is 15.0 Å². The summed E-state index contributed by atoms with van der Waals surface area (Å²) in [6.07, 6.45) is 0. The molecule has 0 saturated heterocycles. The highest BCUT2D eigenvalue weighted by molar-refractivity contribution is 6.23. The Hall–Kier alpha value is -5.67. The molecule has 0 spiro atoms. The van der Waals surface area contributed by atoms with E-state index < -0.39 is 0 Å². The topological polar surface area (TPSA) is 38.7 Å². The molecule has 8 aromatic rings. The van der Waals surface area contributed by atoms with Gasteiger partial charge in [-0.1, -0.05) is 146 Å². The Morgan fingerprint density at radius 2 is 0.833 bits per heavy atom. The van der Waals surface area contributed by atoms with Crippen LogP contribution in [0.25, 0.3) is 77.6 Å². The lowest BCUT2D eigenvalue weighted by molar-refractivity contribution is 1.08. The smallest absolute Gasteiger partial charge is 0.164 e. The van der Waals surface area contributed by atoms with Gasteiger partial charge in [0.2, 0.25) is 0 Å². The predicted molar refractivity (Wildman–Crippen MR) is 174 cm³/mol. The van der Waals surface area contributed by atoms with Crippen LogP contribution in [0.3, 0.4) is 0 Å². The van der Waals surface area contributed by atoms with Crippen LogP contribution in [0.15, 0.2) is 152 Å². The highest BCUT2D eigenvalue weighted by Crippen LogP contribution is 2.38. The second-order valence-electron chi connectivity index (χ2n) is 10.5. The van der Waals surface area contributed by atoms with Crippen LogP contribution in [-0.2, 0) is 0 Å². The van der Waals surface area contributed by atoms with Crippen molar-refractivity contribution < 1.29 is 0 Å². The van der Waals surface area contributed by atoms with E-state index in [2.05, 4.69) is 127 Å². The zero-order valence-corrected chi connectivity index (χ0v) is 22.8. The minimum absolute atomic E-state index is 0.652. The number of hydrogen-bond donors (Lipinski definition) is 0. The summed E-state index contributed by atoms with van der Waals surface area (Å²) in [6.45, 7) is 0. The van der Waals surface area contributed by atoms with Gasteiger partial charge in [-0.05, 0) is 44.1 Å².